The van der Waals surface area contributed by atoms with E-state index in [2.05, 4.69) is 20.3 Å². The van der Waals surface area contributed by atoms with Gasteiger partial charge in [-0.1, -0.05) is 25.1 Å². The van der Waals surface area contributed by atoms with Crippen LogP contribution >= 0.6 is 0 Å². The number of benzene rings is 1. The van der Waals surface area contributed by atoms with Gasteiger partial charge in [0.1, 0.15) is 17.1 Å². The molecule has 0 radical (unpaired) electrons. The fourth-order valence-corrected chi connectivity index (χ4v) is 2.78. The third-order valence-corrected chi connectivity index (χ3v) is 4.16. The molecule has 2 aliphatic heterocycles. The molecule has 1 aromatic carbocycles. The van der Waals surface area contributed by atoms with E-state index in [0.29, 0.717) is 23.9 Å². The van der Waals surface area contributed by atoms with Crippen LogP contribution in [0.2, 0.25) is 0 Å². The van der Waals surface area contributed by atoms with Crippen LogP contribution in [0.1, 0.15) is 23.1 Å². The lowest BCUT2D eigenvalue weighted by molar-refractivity contribution is 0.0600. The van der Waals surface area contributed by atoms with Gasteiger partial charge < -0.3 is 4.74 Å². The molecule has 2 aromatic rings. The van der Waals surface area contributed by atoms with Crippen molar-refractivity contribution < 1.29 is 9.53 Å². The molecule has 0 unspecified atom stereocenters. The summed E-state index contributed by atoms with van der Waals surface area (Å²) < 4.78 is 7.64. The summed E-state index contributed by atoms with van der Waals surface area (Å²) in [6.45, 7) is 1.94. The molecule has 1 N–H and O–H groups in total. The minimum atomic E-state index is -0.599. The van der Waals surface area contributed by atoms with Gasteiger partial charge in [0.15, 0.2) is 0 Å². The van der Waals surface area contributed by atoms with Crippen LogP contribution in [0.25, 0.3) is 22.9 Å². The number of pyridine rings is 1. The van der Waals surface area contributed by atoms with Crippen LogP contribution in [0.15, 0.2) is 47.5 Å². The van der Waals surface area contributed by atoms with Gasteiger partial charge >= 0.3 is 5.97 Å². The molecule has 0 fully saturated rings. The van der Waals surface area contributed by atoms with Crippen molar-refractivity contribution in [2.45, 2.75) is 13.3 Å². The van der Waals surface area contributed by atoms with Gasteiger partial charge in [0.05, 0.1) is 18.4 Å². The average Bonchev–Trinajstić information content (AvgIpc) is 3.32. The Morgan fingerprint density at radius 3 is 2.67 bits per heavy atom. The van der Waals surface area contributed by atoms with Crippen molar-refractivity contribution in [3.63, 3.8) is 0 Å². The summed E-state index contributed by atoms with van der Waals surface area (Å²) in [6.07, 6.45) is 3.76. The second-order valence-electron chi connectivity index (χ2n) is 5.82. The normalized spacial score (nSPS) is 11.0. The number of carbonyl (C=O) groups excluding carboxylic acids is 1. The molecule has 0 amide bonds. The fourth-order valence-electron chi connectivity index (χ4n) is 2.78. The SMILES string of the molecule is CCc1nc(-n2cc(C(=O)OC)c3nn(-c4ccccc4)c(=O)c-3c2)n[nH]1. The molecule has 9 heteroatoms. The second-order valence-corrected chi connectivity index (χ2v) is 5.82. The molecule has 0 spiro atoms. The van der Waals surface area contributed by atoms with Gasteiger partial charge in [-0.2, -0.15) is 14.8 Å². The van der Waals surface area contributed by atoms with Gasteiger partial charge in [-0.25, -0.2) is 4.79 Å². The molecule has 136 valence electrons. The number of fused-ring (bicyclic) bond motifs is 1. The van der Waals surface area contributed by atoms with Crippen molar-refractivity contribution in [2.75, 3.05) is 7.11 Å². The highest BCUT2D eigenvalue weighted by atomic mass is 16.5. The number of esters is 1. The lowest BCUT2D eigenvalue weighted by atomic mass is 10.1. The van der Waals surface area contributed by atoms with E-state index in [1.165, 1.54) is 22.6 Å². The van der Waals surface area contributed by atoms with Gasteiger partial charge in [0.2, 0.25) is 0 Å². The molecule has 9 nitrogen and oxygen atoms in total. The number of carbonyl (C=O) groups is 1. The van der Waals surface area contributed by atoms with Gasteiger partial charge in [-0.3, -0.25) is 14.5 Å². The first-order valence-electron chi connectivity index (χ1n) is 8.32. The number of rotatable bonds is 4. The zero-order valence-electron chi connectivity index (χ0n) is 14.7. The molecule has 0 saturated heterocycles. The number of aromatic amines is 1. The maximum Gasteiger partial charge on any atom is 0.341 e. The van der Waals surface area contributed by atoms with Gasteiger partial charge in [0.25, 0.3) is 11.5 Å². The van der Waals surface area contributed by atoms with Crippen LogP contribution < -0.4 is 5.56 Å². The first-order chi connectivity index (χ1) is 13.1. The fraction of sp³-hybridized carbons (Fsp3) is 0.167. The number of methoxy groups -OCH3 is 1. The number of aromatic nitrogens is 6. The van der Waals surface area contributed by atoms with Crippen molar-refractivity contribution in [1.29, 1.82) is 0 Å². The standard InChI is InChI=1S/C18H16N6O3/c1-3-14-19-18(21-20-14)23-9-12-15(13(10-23)17(26)27-2)22-24(16(12)25)11-7-5-4-6-8-11/h4-10H,3H2,1-2H3,(H,19,20,21). The number of para-hydroxylation sites is 1. The van der Waals surface area contributed by atoms with Crippen molar-refractivity contribution >= 4 is 5.97 Å². The van der Waals surface area contributed by atoms with Crippen LogP contribution in [0.5, 0.6) is 0 Å². The molecule has 1 aromatic heterocycles. The molecule has 27 heavy (non-hydrogen) atoms. The monoisotopic (exact) mass is 364 g/mol. The molecular weight excluding hydrogens is 348 g/mol. The number of hydrogen-bond donors (Lipinski definition) is 1. The number of nitrogens with zero attached hydrogens (tertiary/aromatic N) is 5. The quantitative estimate of drug-likeness (QED) is 0.551. The van der Waals surface area contributed by atoms with E-state index < -0.39 is 5.97 Å². The second kappa shape index (κ2) is 6.52. The highest BCUT2D eigenvalue weighted by Gasteiger charge is 2.25. The summed E-state index contributed by atoms with van der Waals surface area (Å²) in [5.74, 6) is 0.420. The third kappa shape index (κ3) is 2.78. The van der Waals surface area contributed by atoms with Gasteiger partial charge in [-0.05, 0) is 12.1 Å². The molecule has 4 rings (SSSR count). The van der Waals surface area contributed by atoms with Crippen LogP contribution in [0, 0.1) is 0 Å². The van der Waals surface area contributed by atoms with Crippen molar-refractivity contribution in [1.82, 2.24) is 29.5 Å². The summed E-state index contributed by atoms with van der Waals surface area (Å²) >= 11 is 0. The minimum absolute atomic E-state index is 0.157. The average molecular weight is 364 g/mol. The highest BCUT2D eigenvalue weighted by molar-refractivity contribution is 5.96. The number of nitrogens with one attached hydrogen (secondary N) is 1. The zero-order chi connectivity index (χ0) is 19.0. The van der Waals surface area contributed by atoms with E-state index in [0.717, 1.165) is 0 Å². The Kier molecular flexibility index (Phi) is 4.03. The molecule has 0 atom stereocenters. The topological polar surface area (TPSA) is 108 Å². The maximum atomic E-state index is 12.9. The van der Waals surface area contributed by atoms with Crippen molar-refractivity contribution in [3.8, 4) is 22.9 Å². The summed E-state index contributed by atoms with van der Waals surface area (Å²) in [4.78, 5) is 29.6. The molecule has 0 bridgehead atoms. The van der Waals surface area contributed by atoms with Gasteiger partial charge in [0, 0.05) is 18.8 Å². The number of aryl methyl sites for hydroxylation is 1. The number of H-pyrrole nitrogens is 1. The minimum Gasteiger partial charge on any atom is -0.465 e. The Morgan fingerprint density at radius 1 is 1.22 bits per heavy atom. The summed E-state index contributed by atoms with van der Waals surface area (Å²) in [6, 6.07) is 8.99. The van der Waals surface area contributed by atoms with E-state index in [-0.39, 0.29) is 22.4 Å². The van der Waals surface area contributed by atoms with Crippen molar-refractivity contribution in [2.24, 2.45) is 0 Å². The first-order valence-corrected chi connectivity index (χ1v) is 8.32. The van der Waals surface area contributed by atoms with Crippen LogP contribution in [-0.2, 0) is 11.2 Å². The predicted octanol–water partition coefficient (Wildman–Crippen LogP) is 1.60. The van der Waals surface area contributed by atoms with E-state index >= 15 is 0 Å². The lowest BCUT2D eigenvalue weighted by Gasteiger charge is -2.08. The predicted molar refractivity (Wildman–Crippen MR) is 96.4 cm³/mol. The zero-order valence-corrected chi connectivity index (χ0v) is 14.7. The molecule has 0 saturated carbocycles. The number of ether oxygens (including phenoxy) is 1. The molecule has 3 heterocycles. The first kappa shape index (κ1) is 16.7. The maximum absolute atomic E-state index is 12.9. The Hall–Kier alpha value is -3.75. The van der Waals surface area contributed by atoms with Crippen LogP contribution in [0.4, 0.5) is 0 Å². The molecular formula is C18H16N6O3. The molecule has 2 aliphatic rings. The summed E-state index contributed by atoms with van der Waals surface area (Å²) in [5.41, 5.74) is 0.946. The smallest absolute Gasteiger partial charge is 0.341 e. The lowest BCUT2D eigenvalue weighted by Crippen LogP contribution is -2.15. The summed E-state index contributed by atoms with van der Waals surface area (Å²) in [5, 5.41) is 11.3. The Labute approximate surface area is 153 Å². The van der Waals surface area contributed by atoms with Crippen LogP contribution in [0.3, 0.4) is 0 Å². The van der Waals surface area contributed by atoms with Crippen molar-refractivity contribution in [3.05, 3.63) is 64.5 Å². The Morgan fingerprint density at radius 2 is 2.00 bits per heavy atom. The Bertz CT molecular complexity index is 1140. The third-order valence-electron chi connectivity index (χ3n) is 4.16. The van der Waals surface area contributed by atoms with Gasteiger partial charge in [-0.15, -0.1) is 5.10 Å². The Balaban J connectivity index is 1.98. The molecule has 0 aliphatic carbocycles. The largest absolute Gasteiger partial charge is 0.465 e. The van der Waals surface area contributed by atoms with Crippen LogP contribution in [-0.4, -0.2) is 42.6 Å². The number of hydrogen-bond acceptors (Lipinski definition) is 6. The van der Waals surface area contributed by atoms with E-state index in [1.807, 2.05) is 25.1 Å². The summed E-state index contributed by atoms with van der Waals surface area (Å²) in [7, 11) is 1.28. The highest BCUT2D eigenvalue weighted by Crippen LogP contribution is 2.24. The van der Waals surface area contributed by atoms with E-state index in [1.54, 1.807) is 18.3 Å². The van der Waals surface area contributed by atoms with E-state index in [9.17, 15) is 9.59 Å². The van der Waals surface area contributed by atoms with E-state index in [4.69, 9.17) is 4.74 Å².